The van der Waals surface area contributed by atoms with E-state index in [4.69, 9.17) is 10.3 Å². The van der Waals surface area contributed by atoms with Gasteiger partial charge in [-0.1, -0.05) is 12.1 Å². The quantitative estimate of drug-likeness (QED) is 0.330. The number of nitrogen functional groups attached to an aromatic ring is 1. The summed E-state index contributed by atoms with van der Waals surface area (Å²) in [6.45, 7) is 0. The molecular formula is C16H14N4O3. The fourth-order valence-electron chi connectivity index (χ4n) is 2.29. The number of aldehydes is 1. The van der Waals surface area contributed by atoms with Gasteiger partial charge in [0.2, 0.25) is 0 Å². The van der Waals surface area contributed by atoms with Crippen LogP contribution in [-0.2, 0) is 7.05 Å². The Kier molecular flexibility index (Phi) is 3.78. The van der Waals surface area contributed by atoms with E-state index in [2.05, 4.69) is 4.99 Å². The summed E-state index contributed by atoms with van der Waals surface area (Å²) >= 11 is 0. The van der Waals surface area contributed by atoms with E-state index in [0.717, 1.165) is 5.52 Å². The predicted octanol–water partition coefficient (Wildman–Crippen LogP) is 1.42. The van der Waals surface area contributed by atoms with Gasteiger partial charge in [-0.2, -0.15) is 4.99 Å². The summed E-state index contributed by atoms with van der Waals surface area (Å²) < 4.78 is 7.48. The molecule has 0 saturated heterocycles. The molecule has 0 aliphatic carbocycles. The van der Waals surface area contributed by atoms with Gasteiger partial charge in [0.05, 0.1) is 16.8 Å². The number of aryl methyl sites for hydroxylation is 1. The second kappa shape index (κ2) is 5.90. The number of carbonyl (C=O) groups excluding carboxylic acids is 2. The summed E-state index contributed by atoms with van der Waals surface area (Å²) in [6.07, 6.45) is 0.593. The van der Waals surface area contributed by atoms with Crippen molar-refractivity contribution in [3.63, 3.8) is 0 Å². The smallest absolute Gasteiger partial charge is 0.302 e. The molecule has 116 valence electrons. The second-order valence-corrected chi connectivity index (χ2v) is 4.89. The van der Waals surface area contributed by atoms with Gasteiger partial charge in [-0.15, -0.1) is 0 Å². The minimum absolute atomic E-state index is 0.155. The normalized spacial score (nSPS) is 11.7. The molecule has 23 heavy (non-hydrogen) atoms. The zero-order valence-electron chi connectivity index (χ0n) is 12.3. The molecule has 0 fully saturated rings. The second-order valence-electron chi connectivity index (χ2n) is 4.89. The van der Waals surface area contributed by atoms with Crippen molar-refractivity contribution >= 4 is 29.0 Å². The molecule has 0 aliphatic rings. The van der Waals surface area contributed by atoms with Crippen molar-refractivity contribution in [2.24, 2.45) is 17.9 Å². The molecule has 0 unspecified atom stereocenters. The fraction of sp³-hybridized carbons (Fsp3) is 0.0625. The van der Waals surface area contributed by atoms with Crippen LogP contribution in [0.15, 0.2) is 51.9 Å². The van der Waals surface area contributed by atoms with Gasteiger partial charge in [0, 0.05) is 12.6 Å². The van der Waals surface area contributed by atoms with E-state index in [1.807, 2.05) is 36.7 Å². The Morgan fingerprint density at radius 2 is 2.09 bits per heavy atom. The number of hydrogen-bond acceptors (Lipinski definition) is 5. The lowest BCUT2D eigenvalue weighted by molar-refractivity contribution is 0.0948. The maximum atomic E-state index is 11.7. The Bertz CT molecular complexity index is 969. The molecule has 1 amide bonds. The molecule has 1 heterocycles. The van der Waals surface area contributed by atoms with Crippen molar-refractivity contribution in [1.29, 1.82) is 0 Å². The first-order valence-corrected chi connectivity index (χ1v) is 6.83. The summed E-state index contributed by atoms with van der Waals surface area (Å²) in [4.78, 5) is 27.1. The molecule has 2 aromatic carbocycles. The van der Waals surface area contributed by atoms with E-state index in [1.165, 1.54) is 12.1 Å². The number of hydrogen-bond donors (Lipinski definition) is 2. The molecule has 0 saturated carbocycles. The minimum atomic E-state index is -0.557. The molecular weight excluding hydrogens is 296 g/mol. The summed E-state index contributed by atoms with van der Waals surface area (Å²) in [6, 6.07) is 12.2. The molecule has 0 spiro atoms. The number of benzene rings is 2. The van der Waals surface area contributed by atoms with Crippen molar-refractivity contribution in [3.8, 4) is 0 Å². The Labute approximate surface area is 131 Å². The van der Waals surface area contributed by atoms with Crippen LogP contribution in [0.4, 0.5) is 5.69 Å². The zero-order valence-corrected chi connectivity index (χ0v) is 12.3. The van der Waals surface area contributed by atoms with Gasteiger partial charge in [0.15, 0.2) is 11.9 Å². The van der Waals surface area contributed by atoms with Crippen LogP contribution in [0.3, 0.4) is 0 Å². The highest BCUT2D eigenvalue weighted by atomic mass is 16.3. The third kappa shape index (κ3) is 2.65. The molecule has 7 heteroatoms. The standard InChI is InChI=1S/C16H14N4O3/c1-20-13-4-2-3-5-14(13)23-16(20)18-11-7-6-10(9-21)12(8-11)15(22)19-17/h2-9H,17H2,1H3,(H,19,22). The third-order valence-corrected chi connectivity index (χ3v) is 3.48. The van der Waals surface area contributed by atoms with E-state index < -0.39 is 5.91 Å². The van der Waals surface area contributed by atoms with Crippen molar-refractivity contribution in [2.75, 3.05) is 0 Å². The van der Waals surface area contributed by atoms with E-state index in [-0.39, 0.29) is 11.1 Å². The fourth-order valence-corrected chi connectivity index (χ4v) is 2.29. The number of nitrogens with zero attached hydrogens (tertiary/aromatic N) is 2. The maximum absolute atomic E-state index is 11.7. The number of amides is 1. The predicted molar refractivity (Wildman–Crippen MR) is 83.9 cm³/mol. The SMILES string of the molecule is Cn1c(=Nc2ccc(C=O)c(C(=O)NN)c2)oc2ccccc21. The highest BCUT2D eigenvalue weighted by Gasteiger charge is 2.11. The van der Waals surface area contributed by atoms with Crippen molar-refractivity contribution in [2.45, 2.75) is 0 Å². The van der Waals surface area contributed by atoms with Crippen molar-refractivity contribution in [3.05, 3.63) is 59.3 Å². The Balaban J connectivity index is 2.16. The molecule has 0 atom stereocenters. The summed E-state index contributed by atoms with van der Waals surface area (Å²) in [5.74, 6) is 4.58. The molecule has 3 rings (SSSR count). The highest BCUT2D eigenvalue weighted by Crippen LogP contribution is 2.18. The molecule has 0 bridgehead atoms. The molecule has 3 N–H and O–H groups in total. The monoisotopic (exact) mass is 310 g/mol. The van der Waals surface area contributed by atoms with Gasteiger partial charge < -0.3 is 4.42 Å². The highest BCUT2D eigenvalue weighted by molar-refractivity contribution is 6.01. The van der Waals surface area contributed by atoms with E-state index in [0.29, 0.717) is 23.2 Å². The number of oxazole rings is 1. The number of fused-ring (bicyclic) bond motifs is 1. The average Bonchev–Trinajstić information content (AvgIpc) is 2.90. The van der Waals surface area contributed by atoms with E-state index in [9.17, 15) is 9.59 Å². The largest absolute Gasteiger partial charge is 0.423 e. The number of carbonyl (C=O) groups is 2. The summed E-state index contributed by atoms with van der Waals surface area (Å²) in [7, 11) is 1.83. The van der Waals surface area contributed by atoms with Crippen LogP contribution in [0, 0.1) is 0 Å². The molecule has 7 nitrogen and oxygen atoms in total. The first-order chi connectivity index (χ1) is 11.1. The zero-order chi connectivity index (χ0) is 16.4. The molecule has 3 aromatic rings. The Morgan fingerprint density at radius 3 is 2.78 bits per heavy atom. The van der Waals surface area contributed by atoms with Crippen molar-refractivity contribution < 1.29 is 14.0 Å². The van der Waals surface area contributed by atoms with Crippen LogP contribution in [0.5, 0.6) is 0 Å². The van der Waals surface area contributed by atoms with E-state index >= 15 is 0 Å². The van der Waals surface area contributed by atoms with Crippen LogP contribution in [0.25, 0.3) is 11.1 Å². The van der Waals surface area contributed by atoms with Crippen LogP contribution in [0.1, 0.15) is 20.7 Å². The Hall–Kier alpha value is -3.19. The van der Waals surface area contributed by atoms with Gasteiger partial charge in [-0.25, -0.2) is 5.84 Å². The van der Waals surface area contributed by atoms with Gasteiger partial charge in [-0.3, -0.25) is 19.6 Å². The van der Waals surface area contributed by atoms with Crippen LogP contribution in [-0.4, -0.2) is 16.8 Å². The molecule has 1 aromatic heterocycles. The van der Waals surface area contributed by atoms with Crippen LogP contribution >= 0.6 is 0 Å². The average molecular weight is 310 g/mol. The number of nitrogens with two attached hydrogens (primary N) is 1. The van der Waals surface area contributed by atoms with Gasteiger partial charge in [-0.05, 0) is 30.3 Å². The molecule has 0 radical (unpaired) electrons. The van der Waals surface area contributed by atoms with Gasteiger partial charge >= 0.3 is 5.68 Å². The first-order valence-electron chi connectivity index (χ1n) is 6.83. The van der Waals surface area contributed by atoms with E-state index in [1.54, 1.807) is 10.6 Å². The first kappa shape index (κ1) is 14.7. The third-order valence-electron chi connectivity index (χ3n) is 3.48. The summed E-state index contributed by atoms with van der Waals surface area (Å²) in [5.41, 5.74) is 4.86. The lowest BCUT2D eigenvalue weighted by atomic mass is 10.1. The number of hydrazine groups is 1. The summed E-state index contributed by atoms with van der Waals surface area (Å²) in [5, 5.41) is 0. The lowest BCUT2D eigenvalue weighted by Crippen LogP contribution is -2.30. The topological polar surface area (TPSA) is 103 Å². The van der Waals surface area contributed by atoms with Crippen LogP contribution < -0.4 is 17.0 Å². The Morgan fingerprint density at radius 1 is 1.30 bits per heavy atom. The lowest BCUT2D eigenvalue weighted by Gasteiger charge is -2.03. The number of para-hydroxylation sites is 2. The number of nitrogens with one attached hydrogen (secondary N) is 1. The van der Waals surface area contributed by atoms with Gasteiger partial charge in [0.25, 0.3) is 5.91 Å². The number of rotatable bonds is 3. The molecule has 0 aliphatic heterocycles. The van der Waals surface area contributed by atoms with Crippen LogP contribution in [0.2, 0.25) is 0 Å². The minimum Gasteiger partial charge on any atom is -0.423 e. The maximum Gasteiger partial charge on any atom is 0.302 e. The van der Waals surface area contributed by atoms with Gasteiger partial charge in [0.1, 0.15) is 0 Å². The van der Waals surface area contributed by atoms with Crippen molar-refractivity contribution in [1.82, 2.24) is 9.99 Å². The number of aromatic nitrogens is 1.